The average molecular weight is 1840 g/mol. The molecule has 9 amide bonds. The molecule has 0 bridgehead atoms. The van der Waals surface area contributed by atoms with Gasteiger partial charge in [0.1, 0.15) is 36.3 Å². The summed E-state index contributed by atoms with van der Waals surface area (Å²) in [6.45, 7) is 14.0. The molecule has 12 saturated heterocycles. The molecule has 12 aliphatic heterocycles. The molecule has 21 atom stereocenters. The Labute approximate surface area is 784 Å². The highest BCUT2D eigenvalue weighted by molar-refractivity contribution is 6.01. The van der Waals surface area contributed by atoms with Gasteiger partial charge in [0.25, 0.3) is 35.5 Å². The molecule has 6 aromatic carbocycles. The number of aromatic nitrogens is 3. The lowest BCUT2D eigenvalue weighted by atomic mass is 9.72. The van der Waals surface area contributed by atoms with Gasteiger partial charge in [0.2, 0.25) is 52.6 Å². The first-order valence-corrected chi connectivity index (χ1v) is 49.0. The number of amides is 9. The van der Waals surface area contributed by atoms with Gasteiger partial charge in [-0.3, -0.25) is 72.1 Å². The molecule has 12 fully saturated rings. The molecule has 9 aromatic rings. The first-order chi connectivity index (χ1) is 64.9. The Morgan fingerprint density at radius 1 is 0.385 bits per heavy atom. The monoisotopic (exact) mass is 1830 g/mol. The van der Waals surface area contributed by atoms with E-state index in [1.807, 2.05) is 133 Å². The molecule has 0 spiro atoms. The Hall–Kier alpha value is -11.2. The van der Waals surface area contributed by atoms with Crippen molar-refractivity contribution >= 4 is 85.9 Å². The molecule has 135 heavy (non-hydrogen) atoms. The fraction of sp³-hybridized carbons (Fsp3) is 0.514. The smallest absolute Gasteiger partial charge is 0.281 e. The second-order valence-corrected chi connectivity index (χ2v) is 42.1. The number of aliphatic hydroxyl groups is 3. The van der Waals surface area contributed by atoms with E-state index < -0.39 is 124 Å². The van der Waals surface area contributed by atoms with E-state index in [-0.39, 0.29) is 90.6 Å². The van der Waals surface area contributed by atoms with E-state index in [0.717, 1.165) is 52.5 Å². The number of H-pyrrole nitrogens is 3. The number of carbonyl (C=O) groups is 9. The summed E-state index contributed by atoms with van der Waals surface area (Å²) in [4.78, 5) is 154. The fourth-order valence-electron chi connectivity index (χ4n) is 27.0. The van der Waals surface area contributed by atoms with Crippen molar-refractivity contribution in [3.05, 3.63) is 214 Å². The number of likely N-dealkylation sites (tertiary alicyclic amines) is 3. The van der Waals surface area contributed by atoms with E-state index in [9.17, 15) is 58.5 Å². The van der Waals surface area contributed by atoms with Gasteiger partial charge >= 0.3 is 0 Å². The molecule has 0 radical (unpaired) electrons. The highest BCUT2D eigenvalue weighted by atomic mass is 16.7. The average Bonchev–Trinajstić information content (AvgIpc) is 1.54. The van der Waals surface area contributed by atoms with Crippen LogP contribution in [-0.2, 0) is 95.9 Å². The van der Waals surface area contributed by atoms with E-state index in [2.05, 4.69) is 140 Å². The van der Waals surface area contributed by atoms with Crippen molar-refractivity contribution in [3.8, 4) is 0 Å². The third kappa shape index (κ3) is 13.8. The van der Waals surface area contributed by atoms with Crippen LogP contribution >= 0.6 is 0 Å². The third-order valence-electron chi connectivity index (χ3n) is 33.7. The summed E-state index contributed by atoms with van der Waals surface area (Å²) in [7, 11) is 6.21. The minimum atomic E-state index is -2.04. The number of ether oxygens (including phenoxy) is 3. The van der Waals surface area contributed by atoms with Crippen LogP contribution in [0.3, 0.4) is 0 Å². The summed E-state index contributed by atoms with van der Waals surface area (Å²) < 4.78 is 19.5. The molecule has 3 aliphatic carbocycles. The Bertz CT molecular complexity index is 5660. The van der Waals surface area contributed by atoms with Crippen LogP contribution in [0.2, 0.25) is 0 Å². The van der Waals surface area contributed by atoms with Gasteiger partial charge < -0.3 is 75.6 Å². The first-order valence-electron chi connectivity index (χ1n) is 49.0. The quantitative estimate of drug-likeness (QED) is 0.0467. The lowest BCUT2D eigenvalue weighted by molar-refractivity contribution is -0.322. The number of benzene rings is 6. The van der Waals surface area contributed by atoms with Crippen LogP contribution in [0.25, 0.3) is 32.7 Å². The Kier molecular flexibility index (Phi) is 21.8. The lowest BCUT2D eigenvalue weighted by Crippen LogP contribution is -2.71. The van der Waals surface area contributed by atoms with Gasteiger partial charge in [0.15, 0.2) is 0 Å². The first kappa shape index (κ1) is 89.0. The summed E-state index contributed by atoms with van der Waals surface area (Å²) in [5.74, 6) is -11.4. The van der Waals surface area contributed by atoms with Crippen LogP contribution in [0.5, 0.6) is 0 Å². The molecule has 15 heterocycles. The summed E-state index contributed by atoms with van der Waals surface area (Å²) in [5.41, 5.74) is 8.25. The van der Waals surface area contributed by atoms with Gasteiger partial charge in [-0.25, -0.2) is 0 Å². The van der Waals surface area contributed by atoms with Crippen LogP contribution in [0, 0.1) is 35.5 Å². The predicted molar refractivity (Wildman–Crippen MR) is 500 cm³/mol. The maximum absolute atomic E-state index is 14.6. The second-order valence-electron chi connectivity index (χ2n) is 42.1. The molecule has 708 valence electrons. The van der Waals surface area contributed by atoms with Crippen LogP contribution in [0.1, 0.15) is 167 Å². The molecule has 30 nitrogen and oxygen atoms in total. The lowest BCUT2D eigenvalue weighted by Gasteiger charge is -2.48. The van der Waals surface area contributed by atoms with Crippen LogP contribution < -0.4 is 16.0 Å². The van der Waals surface area contributed by atoms with Crippen LogP contribution in [0.4, 0.5) is 0 Å². The number of hydrogen-bond acceptors (Lipinski definition) is 18. The molecule has 15 aliphatic rings. The van der Waals surface area contributed by atoms with E-state index >= 15 is 0 Å². The number of nitrogens with zero attached hydrogens (tertiary/aromatic N) is 9. The number of hydrogen-bond donors (Lipinski definition) is 9. The molecule has 24 rings (SSSR count). The Morgan fingerprint density at radius 2 is 0.652 bits per heavy atom. The summed E-state index contributed by atoms with van der Waals surface area (Å²) in [6.07, 6.45) is 15.4. The maximum Gasteiger partial charge on any atom is 0.281 e. The van der Waals surface area contributed by atoms with Crippen molar-refractivity contribution in [2.45, 2.75) is 245 Å². The zero-order chi connectivity index (χ0) is 93.7. The SMILES string of the molecule is CC(C)[C@@]1(NC(=O)[C@@H]2C[C@@H]3c4cccc5[nH]cc(c45)C[C@H]3N(C)C2)O[C@@]2(O)[C@@H]3CCCN3C(=O)[C@H](Cc3ccccc3)N2C1=O.CC(C)[C@@]1(NC(=O)[C@@H]2C[C@@H]3c4cccc5[nH]cc(c45)C[C@H]3N(C)C2)O[C@@]2(O)[C@@H]3CCCN3C(=O)[C@H](Cc3ccccc3)N2C1=O.CC(C)[C@@]1(NC(=O)[C@@H]2C[C@@H]3c4cccc5[nH]cc(c45)C[C@H]3N(C)C2)O[C@@]2(O)[C@@H]3CCCN3C(=O)[C@H](Cc3ccccc3)N2C1=O. The minimum Gasteiger partial charge on any atom is -0.361 e. The summed E-state index contributed by atoms with van der Waals surface area (Å²) in [6, 6.07) is 43.4. The van der Waals surface area contributed by atoms with Crippen LogP contribution in [0.15, 0.2) is 164 Å². The van der Waals surface area contributed by atoms with Crippen LogP contribution in [-0.4, -0.2) is 277 Å². The maximum atomic E-state index is 14.6. The van der Waals surface area contributed by atoms with Gasteiger partial charge in [-0.1, -0.05) is 169 Å². The largest absolute Gasteiger partial charge is 0.361 e. The highest BCUT2D eigenvalue weighted by Crippen LogP contribution is 2.55. The molecule has 3 aromatic heterocycles. The number of likely N-dealkylation sites (N-methyl/N-ethyl adjacent to an activating group) is 3. The number of carbonyl (C=O) groups excluding carboxylic acids is 9. The number of piperidine rings is 3. The highest BCUT2D eigenvalue weighted by Gasteiger charge is 2.76. The normalized spacial score (nSPS) is 34.3. The number of aromatic amines is 3. The van der Waals surface area contributed by atoms with Gasteiger partial charge in [-0.2, -0.15) is 0 Å². The molecular weight excluding hydrogens is 1710 g/mol. The zero-order valence-corrected chi connectivity index (χ0v) is 78.1. The van der Waals surface area contributed by atoms with Crippen molar-refractivity contribution < 1.29 is 72.7 Å². The molecule has 0 saturated carbocycles. The fourth-order valence-corrected chi connectivity index (χ4v) is 27.0. The number of fused-ring (bicyclic) bond motifs is 15. The molecular formula is C105H123N15O15. The van der Waals surface area contributed by atoms with Crippen molar-refractivity contribution in [1.29, 1.82) is 0 Å². The van der Waals surface area contributed by atoms with Crippen molar-refractivity contribution in [2.75, 3.05) is 60.4 Å². The topological polar surface area (TPSA) is 355 Å². The Balaban J connectivity index is 0.000000118. The molecule has 9 N–H and O–H groups in total. The molecule has 30 heteroatoms. The number of nitrogens with one attached hydrogen (secondary N) is 6. The van der Waals surface area contributed by atoms with E-state index in [4.69, 9.17) is 14.2 Å². The predicted octanol–water partition coefficient (Wildman–Crippen LogP) is 8.15. The van der Waals surface area contributed by atoms with E-state index in [1.54, 1.807) is 14.7 Å². The van der Waals surface area contributed by atoms with Gasteiger partial charge in [0, 0.05) is 163 Å². The standard InChI is InChI=1S/3C35H41N5O5/c3*1-20(2)34(37-31(41)23-16-25-24-11-7-12-26-30(24)22(18-36-26)17-27(25)38(3)19-23)33(43)40-28(15-21-9-5-4-6-10-21)32(42)39-14-8-13-29(39)35(40,44)45-34/h3*4-7,9-12,18,20,23,25,27-29,36,44H,8,13-17,19H2,1-3H3,(H,37,41)/t3*23-,25-,27-,28+,29+,34-,35+/m111/s1. The van der Waals surface area contributed by atoms with Gasteiger partial charge in [0.05, 0.1) is 17.8 Å². The number of piperazine rings is 3. The minimum absolute atomic E-state index is 0.164. The van der Waals surface area contributed by atoms with E-state index in [0.29, 0.717) is 97.1 Å². The van der Waals surface area contributed by atoms with Gasteiger partial charge in [-0.15, -0.1) is 0 Å². The summed E-state index contributed by atoms with van der Waals surface area (Å²) in [5, 5.41) is 49.9. The van der Waals surface area contributed by atoms with Crippen molar-refractivity contribution in [1.82, 2.24) is 75.0 Å². The zero-order valence-electron chi connectivity index (χ0n) is 78.1. The second kappa shape index (κ2) is 33.0. The van der Waals surface area contributed by atoms with Gasteiger partial charge in [-0.05, 0) is 166 Å². The Morgan fingerprint density at radius 3 is 0.911 bits per heavy atom. The third-order valence-corrected chi connectivity index (χ3v) is 33.7. The van der Waals surface area contributed by atoms with E-state index in [1.165, 1.54) is 64.2 Å². The number of rotatable bonds is 15. The summed E-state index contributed by atoms with van der Waals surface area (Å²) >= 11 is 0. The van der Waals surface area contributed by atoms with Crippen molar-refractivity contribution in [3.63, 3.8) is 0 Å². The molecule has 0 unspecified atom stereocenters. The van der Waals surface area contributed by atoms with Crippen molar-refractivity contribution in [2.24, 2.45) is 35.5 Å².